The van der Waals surface area contributed by atoms with E-state index in [4.69, 9.17) is 14.2 Å². The molecule has 3 rings (SSSR count). The first kappa shape index (κ1) is 25.6. The maximum Gasteiger partial charge on any atom is 0.305 e. The van der Waals surface area contributed by atoms with Crippen molar-refractivity contribution in [2.45, 2.75) is 50.2 Å². The summed E-state index contributed by atoms with van der Waals surface area (Å²) < 4.78 is 16.8. The number of carbonyl (C=O) groups excluding carboxylic acids is 3. The zero-order valence-corrected chi connectivity index (χ0v) is 20.4. The summed E-state index contributed by atoms with van der Waals surface area (Å²) in [7, 11) is 1.62. The number of unbranched alkanes of at least 4 members (excludes halogenated alkanes) is 2. The fourth-order valence-electron chi connectivity index (χ4n) is 3.56. The lowest BCUT2D eigenvalue weighted by Crippen LogP contribution is -2.25. The van der Waals surface area contributed by atoms with Gasteiger partial charge in [0, 0.05) is 6.42 Å². The lowest BCUT2D eigenvalue weighted by Gasteiger charge is -2.19. The number of hydrogen-bond acceptors (Lipinski definition) is 7. The maximum atomic E-state index is 12.1. The van der Waals surface area contributed by atoms with Crippen LogP contribution in [0.1, 0.15) is 49.7 Å². The third-order valence-corrected chi connectivity index (χ3v) is 6.56. The zero-order chi connectivity index (χ0) is 24.3. The number of hydrogen-bond donors (Lipinski definition) is 1. The highest BCUT2D eigenvalue weighted by molar-refractivity contribution is 8.15. The SMILES string of the molecule is CCCCCC(=O)OCC(COc1ccc(CC2SC(=O)NC2=O)cc1)c1ccc(OC)cc1. The van der Waals surface area contributed by atoms with Crippen LogP contribution < -0.4 is 14.8 Å². The highest BCUT2D eigenvalue weighted by Gasteiger charge is 2.31. The van der Waals surface area contributed by atoms with Crippen LogP contribution >= 0.6 is 11.8 Å². The van der Waals surface area contributed by atoms with E-state index in [-0.39, 0.29) is 29.6 Å². The lowest BCUT2D eigenvalue weighted by atomic mass is 10.0. The smallest absolute Gasteiger partial charge is 0.305 e. The molecule has 1 saturated heterocycles. The van der Waals surface area contributed by atoms with Crippen molar-refractivity contribution >= 4 is 28.9 Å². The van der Waals surface area contributed by atoms with Gasteiger partial charge in [-0.2, -0.15) is 0 Å². The summed E-state index contributed by atoms with van der Waals surface area (Å²) in [5, 5.41) is 1.61. The van der Waals surface area contributed by atoms with Gasteiger partial charge in [0.2, 0.25) is 5.91 Å². The number of methoxy groups -OCH3 is 1. The quantitative estimate of drug-likeness (QED) is 0.319. The number of rotatable bonds is 13. The topological polar surface area (TPSA) is 90.9 Å². The van der Waals surface area contributed by atoms with Crippen molar-refractivity contribution in [3.63, 3.8) is 0 Å². The number of esters is 1. The highest BCUT2D eigenvalue weighted by Crippen LogP contribution is 2.25. The van der Waals surface area contributed by atoms with Crippen molar-refractivity contribution in [1.82, 2.24) is 5.32 Å². The molecule has 2 amide bonds. The number of imide groups is 1. The van der Waals surface area contributed by atoms with Crippen LogP contribution in [0.25, 0.3) is 0 Å². The molecule has 2 aromatic rings. The molecular weight excluding hydrogens is 454 g/mol. The third kappa shape index (κ3) is 7.80. The van der Waals surface area contributed by atoms with Crippen LogP contribution in [0, 0.1) is 0 Å². The minimum Gasteiger partial charge on any atom is -0.497 e. The Morgan fingerprint density at radius 3 is 2.32 bits per heavy atom. The largest absolute Gasteiger partial charge is 0.497 e. The van der Waals surface area contributed by atoms with Crippen LogP contribution in [-0.4, -0.2) is 42.7 Å². The molecule has 1 aliphatic heterocycles. The summed E-state index contributed by atoms with van der Waals surface area (Å²) in [4.78, 5) is 35.2. The van der Waals surface area contributed by atoms with Crippen LogP contribution in [0.5, 0.6) is 11.5 Å². The summed E-state index contributed by atoms with van der Waals surface area (Å²) >= 11 is 1.02. The molecule has 34 heavy (non-hydrogen) atoms. The standard InChI is InChI=1S/C26H31NO6S/c1-3-4-5-6-24(28)33-17-20(19-9-13-21(31-2)14-10-19)16-32-22-11-7-18(8-12-22)15-23-25(29)27-26(30)34-23/h7-14,20,23H,3-6,15-17H2,1-2H3,(H,27,29,30). The Balaban J connectivity index is 1.58. The minimum atomic E-state index is -0.397. The Morgan fingerprint density at radius 1 is 1.00 bits per heavy atom. The van der Waals surface area contributed by atoms with E-state index < -0.39 is 5.25 Å². The van der Waals surface area contributed by atoms with E-state index in [2.05, 4.69) is 12.2 Å². The van der Waals surface area contributed by atoms with Crippen molar-refractivity contribution in [3.05, 3.63) is 59.7 Å². The average Bonchev–Trinajstić information content (AvgIpc) is 3.16. The van der Waals surface area contributed by atoms with Crippen molar-refractivity contribution < 1.29 is 28.6 Å². The summed E-state index contributed by atoms with van der Waals surface area (Å²) in [5.41, 5.74) is 1.94. The summed E-state index contributed by atoms with van der Waals surface area (Å²) in [6, 6.07) is 15.1. The van der Waals surface area contributed by atoms with E-state index in [1.54, 1.807) is 7.11 Å². The number of carbonyl (C=O) groups is 3. The molecule has 2 aromatic carbocycles. The van der Waals surface area contributed by atoms with Gasteiger partial charge in [0.15, 0.2) is 0 Å². The van der Waals surface area contributed by atoms with Crippen LogP contribution in [0.2, 0.25) is 0 Å². The molecule has 1 N–H and O–H groups in total. The highest BCUT2D eigenvalue weighted by atomic mass is 32.2. The molecule has 1 heterocycles. The third-order valence-electron chi connectivity index (χ3n) is 5.58. The molecule has 0 aromatic heterocycles. The van der Waals surface area contributed by atoms with Gasteiger partial charge in [0.25, 0.3) is 5.24 Å². The van der Waals surface area contributed by atoms with Gasteiger partial charge in [-0.15, -0.1) is 0 Å². The molecule has 0 spiro atoms. The second kappa shape index (κ2) is 13.0. The molecule has 0 bridgehead atoms. The van der Waals surface area contributed by atoms with E-state index in [9.17, 15) is 14.4 Å². The zero-order valence-electron chi connectivity index (χ0n) is 19.6. The normalized spacial score (nSPS) is 16.1. The number of benzene rings is 2. The second-order valence-corrected chi connectivity index (χ2v) is 9.33. The van der Waals surface area contributed by atoms with Crippen LogP contribution in [0.3, 0.4) is 0 Å². The minimum absolute atomic E-state index is 0.134. The summed E-state index contributed by atoms with van der Waals surface area (Å²) in [6.45, 7) is 2.67. The van der Waals surface area contributed by atoms with Gasteiger partial charge < -0.3 is 14.2 Å². The van der Waals surface area contributed by atoms with Gasteiger partial charge in [-0.1, -0.05) is 55.8 Å². The van der Waals surface area contributed by atoms with E-state index in [0.29, 0.717) is 25.2 Å². The molecule has 8 heteroatoms. The molecule has 0 aliphatic carbocycles. The predicted molar refractivity (Wildman–Crippen MR) is 131 cm³/mol. The van der Waals surface area contributed by atoms with Crippen molar-refractivity contribution in [2.75, 3.05) is 20.3 Å². The summed E-state index contributed by atoms with van der Waals surface area (Å²) in [6.07, 6.45) is 3.80. The van der Waals surface area contributed by atoms with E-state index in [1.165, 1.54) is 0 Å². The Kier molecular flexibility index (Phi) is 9.82. The van der Waals surface area contributed by atoms with Gasteiger partial charge in [0.05, 0.1) is 24.9 Å². The van der Waals surface area contributed by atoms with Crippen molar-refractivity contribution in [2.24, 2.45) is 0 Å². The van der Waals surface area contributed by atoms with Gasteiger partial charge >= 0.3 is 5.97 Å². The van der Waals surface area contributed by atoms with Crippen LogP contribution in [0.15, 0.2) is 48.5 Å². The molecule has 2 unspecified atom stereocenters. The Labute approximate surface area is 204 Å². The lowest BCUT2D eigenvalue weighted by molar-refractivity contribution is -0.144. The summed E-state index contributed by atoms with van der Waals surface area (Å²) in [5.74, 6) is 0.860. The predicted octanol–water partition coefficient (Wildman–Crippen LogP) is 4.88. The van der Waals surface area contributed by atoms with Gasteiger partial charge in [-0.3, -0.25) is 19.7 Å². The van der Waals surface area contributed by atoms with E-state index in [1.807, 2.05) is 48.5 Å². The van der Waals surface area contributed by atoms with E-state index in [0.717, 1.165) is 47.9 Å². The maximum absolute atomic E-state index is 12.1. The fraction of sp³-hybridized carbons (Fsp3) is 0.423. The Morgan fingerprint density at radius 2 is 1.71 bits per heavy atom. The second-order valence-electron chi connectivity index (χ2n) is 8.15. The number of thioether (sulfide) groups is 1. The molecule has 0 saturated carbocycles. The van der Waals surface area contributed by atoms with Crippen LogP contribution in [0.4, 0.5) is 4.79 Å². The molecule has 1 fully saturated rings. The first-order valence-corrected chi connectivity index (χ1v) is 12.4. The monoisotopic (exact) mass is 485 g/mol. The van der Waals surface area contributed by atoms with Crippen molar-refractivity contribution in [3.8, 4) is 11.5 Å². The number of amides is 2. The first-order chi connectivity index (χ1) is 16.5. The fourth-order valence-corrected chi connectivity index (χ4v) is 4.42. The average molecular weight is 486 g/mol. The molecule has 7 nitrogen and oxygen atoms in total. The van der Waals surface area contributed by atoms with Crippen molar-refractivity contribution in [1.29, 1.82) is 0 Å². The van der Waals surface area contributed by atoms with E-state index >= 15 is 0 Å². The van der Waals surface area contributed by atoms with Gasteiger partial charge in [-0.05, 0) is 48.2 Å². The first-order valence-electron chi connectivity index (χ1n) is 11.5. The van der Waals surface area contributed by atoms with Crippen LogP contribution in [-0.2, 0) is 20.7 Å². The molecule has 1 aliphatic rings. The number of nitrogens with one attached hydrogen (secondary N) is 1. The number of ether oxygens (including phenoxy) is 3. The van der Waals surface area contributed by atoms with Gasteiger partial charge in [0.1, 0.15) is 18.1 Å². The Bertz CT molecular complexity index is 960. The van der Waals surface area contributed by atoms with Gasteiger partial charge in [-0.25, -0.2) is 0 Å². The molecular formula is C26H31NO6S. The molecule has 2 atom stereocenters. The molecule has 0 radical (unpaired) electrons. The molecule has 182 valence electrons. The Hall–Kier alpha value is -3.00.